The Kier molecular flexibility index (Phi) is 6.36. The van der Waals surface area contributed by atoms with Crippen LogP contribution in [0.3, 0.4) is 0 Å². The van der Waals surface area contributed by atoms with Crippen LogP contribution in [0.2, 0.25) is 0 Å². The summed E-state index contributed by atoms with van der Waals surface area (Å²) in [6.07, 6.45) is -0.419. The minimum atomic E-state index is -0.419. The third-order valence-electron chi connectivity index (χ3n) is 3.93. The van der Waals surface area contributed by atoms with Crippen LogP contribution in [0.25, 0.3) is 0 Å². The maximum Gasteiger partial charge on any atom is 0.194 e. The molecule has 1 aromatic carbocycles. The second-order valence-corrected chi connectivity index (χ2v) is 8.42. The van der Waals surface area contributed by atoms with Gasteiger partial charge in [-0.2, -0.15) is 11.8 Å². The molecule has 0 bridgehead atoms. The Morgan fingerprint density at radius 2 is 2.09 bits per heavy atom. The molecule has 5 heteroatoms. The van der Waals surface area contributed by atoms with Gasteiger partial charge in [0.2, 0.25) is 0 Å². The summed E-state index contributed by atoms with van der Waals surface area (Å²) in [6, 6.07) is 8.04. The molecule has 1 fully saturated rings. The van der Waals surface area contributed by atoms with E-state index >= 15 is 0 Å². The van der Waals surface area contributed by atoms with Crippen LogP contribution < -0.4 is 5.32 Å². The molecule has 1 aromatic rings. The highest BCUT2D eigenvalue weighted by Crippen LogP contribution is 2.29. The summed E-state index contributed by atoms with van der Waals surface area (Å²) < 4.78 is 0.271. The third kappa shape index (κ3) is 5.43. The summed E-state index contributed by atoms with van der Waals surface area (Å²) in [5.74, 6) is 2.14. The molecule has 0 aliphatic carbocycles. The lowest BCUT2D eigenvalue weighted by Crippen LogP contribution is -2.50. The number of rotatable bonds is 4. The van der Waals surface area contributed by atoms with Crippen molar-refractivity contribution in [3.8, 4) is 0 Å². The number of aliphatic hydroxyl groups is 1. The van der Waals surface area contributed by atoms with E-state index in [1.807, 2.05) is 36.0 Å². The Hall–Kier alpha value is -1.20. The van der Waals surface area contributed by atoms with E-state index in [0.717, 1.165) is 42.5 Å². The van der Waals surface area contributed by atoms with E-state index in [2.05, 4.69) is 31.0 Å². The van der Waals surface area contributed by atoms with Gasteiger partial charge < -0.3 is 15.3 Å². The van der Waals surface area contributed by atoms with Gasteiger partial charge in [0.1, 0.15) is 0 Å². The lowest BCUT2D eigenvalue weighted by Gasteiger charge is -2.39. The third-order valence-corrected chi connectivity index (χ3v) is 5.23. The summed E-state index contributed by atoms with van der Waals surface area (Å²) in [5, 5.41) is 13.0. The van der Waals surface area contributed by atoms with Crippen molar-refractivity contribution in [2.45, 2.75) is 45.1 Å². The molecule has 1 atom stereocenters. The Bertz CT molecular complexity index is 526. The second-order valence-electron chi connectivity index (χ2n) is 6.62. The van der Waals surface area contributed by atoms with Crippen LogP contribution in [0.1, 0.15) is 44.9 Å². The number of hydrogen-bond acceptors (Lipinski definition) is 3. The van der Waals surface area contributed by atoms with Crippen molar-refractivity contribution in [2.24, 2.45) is 4.99 Å². The van der Waals surface area contributed by atoms with Gasteiger partial charge >= 0.3 is 0 Å². The van der Waals surface area contributed by atoms with E-state index in [9.17, 15) is 5.11 Å². The molecule has 0 amide bonds. The number of guanidine groups is 1. The predicted octanol–water partition coefficient (Wildman–Crippen LogP) is 3.03. The fourth-order valence-electron chi connectivity index (χ4n) is 2.69. The molecule has 4 nitrogen and oxygen atoms in total. The van der Waals surface area contributed by atoms with Crippen molar-refractivity contribution < 1.29 is 5.11 Å². The molecule has 2 N–H and O–H groups in total. The summed E-state index contributed by atoms with van der Waals surface area (Å²) in [7, 11) is 0. The summed E-state index contributed by atoms with van der Waals surface area (Å²) >= 11 is 2.03. The lowest BCUT2D eigenvalue weighted by molar-refractivity contribution is 0.199. The first kappa shape index (κ1) is 18.1. The number of aliphatic imine (C=N–C) groups is 1. The molecule has 0 spiro atoms. The number of benzene rings is 1. The molecule has 1 aliphatic rings. The van der Waals surface area contributed by atoms with E-state index in [1.165, 1.54) is 0 Å². The topological polar surface area (TPSA) is 47.9 Å². The highest BCUT2D eigenvalue weighted by atomic mass is 32.2. The highest BCUT2D eigenvalue weighted by molar-refractivity contribution is 8.00. The molecule has 128 valence electrons. The average Bonchev–Trinajstić information content (AvgIpc) is 2.50. The summed E-state index contributed by atoms with van der Waals surface area (Å²) in [6.45, 7) is 12.1. The monoisotopic (exact) mass is 335 g/mol. The molecular formula is C18H29N3OS. The smallest absolute Gasteiger partial charge is 0.194 e. The van der Waals surface area contributed by atoms with Crippen molar-refractivity contribution in [1.29, 1.82) is 0 Å². The van der Waals surface area contributed by atoms with Crippen LogP contribution in [0.4, 0.5) is 0 Å². The molecule has 0 radical (unpaired) electrons. The molecule has 1 aliphatic heterocycles. The van der Waals surface area contributed by atoms with Gasteiger partial charge in [-0.1, -0.05) is 24.3 Å². The first-order valence-electron chi connectivity index (χ1n) is 8.35. The molecule has 1 heterocycles. The quantitative estimate of drug-likeness (QED) is 0.656. The van der Waals surface area contributed by atoms with Crippen LogP contribution in [0, 0.1) is 0 Å². The largest absolute Gasteiger partial charge is 0.389 e. The zero-order valence-electron chi connectivity index (χ0n) is 14.7. The minimum absolute atomic E-state index is 0.271. The van der Waals surface area contributed by atoms with Gasteiger partial charge in [0.05, 0.1) is 12.6 Å². The average molecular weight is 336 g/mol. The lowest BCUT2D eigenvalue weighted by atomic mass is 10.1. The fourth-order valence-corrected chi connectivity index (χ4v) is 3.80. The van der Waals surface area contributed by atoms with Crippen molar-refractivity contribution in [3.05, 3.63) is 35.4 Å². The van der Waals surface area contributed by atoms with Gasteiger partial charge in [0.15, 0.2) is 5.96 Å². The van der Waals surface area contributed by atoms with Crippen molar-refractivity contribution >= 4 is 17.7 Å². The number of aliphatic hydroxyl groups excluding tert-OH is 1. The molecule has 0 saturated carbocycles. The number of hydrogen-bond donors (Lipinski definition) is 2. The normalized spacial score (nSPS) is 19.5. The van der Waals surface area contributed by atoms with Crippen LogP contribution >= 0.6 is 11.8 Å². The SMILES string of the molecule is CCNC(=NCc1ccc(C(C)O)cc1)N1CCSC(C)(C)C1. The number of nitrogens with zero attached hydrogens (tertiary/aromatic N) is 2. The van der Waals surface area contributed by atoms with Crippen LogP contribution in [-0.4, -0.2) is 46.1 Å². The minimum Gasteiger partial charge on any atom is -0.389 e. The van der Waals surface area contributed by atoms with E-state index in [4.69, 9.17) is 4.99 Å². The highest BCUT2D eigenvalue weighted by Gasteiger charge is 2.28. The Morgan fingerprint density at radius 3 is 2.65 bits per heavy atom. The summed E-state index contributed by atoms with van der Waals surface area (Å²) in [4.78, 5) is 7.17. The molecular weight excluding hydrogens is 306 g/mol. The van der Waals surface area contributed by atoms with Gasteiger partial charge in [-0.3, -0.25) is 0 Å². The second kappa shape index (κ2) is 8.06. The van der Waals surface area contributed by atoms with Crippen molar-refractivity contribution in [2.75, 3.05) is 25.4 Å². The van der Waals surface area contributed by atoms with Gasteiger partial charge in [-0.15, -0.1) is 0 Å². The fraction of sp³-hybridized carbons (Fsp3) is 0.611. The zero-order valence-corrected chi connectivity index (χ0v) is 15.5. The van der Waals surface area contributed by atoms with Gasteiger partial charge in [0.25, 0.3) is 0 Å². The van der Waals surface area contributed by atoms with E-state index in [0.29, 0.717) is 6.54 Å². The Labute approximate surface area is 144 Å². The first-order chi connectivity index (χ1) is 10.9. The molecule has 1 unspecified atom stereocenters. The molecule has 0 aromatic heterocycles. The maximum absolute atomic E-state index is 9.58. The van der Waals surface area contributed by atoms with E-state index < -0.39 is 6.10 Å². The maximum atomic E-state index is 9.58. The van der Waals surface area contributed by atoms with E-state index in [1.54, 1.807) is 6.92 Å². The van der Waals surface area contributed by atoms with Gasteiger partial charge in [-0.05, 0) is 38.8 Å². The summed E-state index contributed by atoms with van der Waals surface area (Å²) in [5.41, 5.74) is 2.11. The van der Waals surface area contributed by atoms with E-state index in [-0.39, 0.29) is 4.75 Å². The first-order valence-corrected chi connectivity index (χ1v) is 9.34. The van der Waals surface area contributed by atoms with Gasteiger partial charge in [-0.25, -0.2) is 4.99 Å². The standard InChI is InChI=1S/C18H29N3OS/c1-5-19-17(21-10-11-23-18(3,4)13-21)20-12-15-6-8-16(9-7-15)14(2)22/h6-9,14,22H,5,10-13H2,1-4H3,(H,19,20). The van der Waals surface area contributed by atoms with Crippen LogP contribution in [0.15, 0.2) is 29.3 Å². The Morgan fingerprint density at radius 1 is 1.39 bits per heavy atom. The predicted molar refractivity (Wildman–Crippen MR) is 100 cm³/mol. The molecule has 23 heavy (non-hydrogen) atoms. The number of thioether (sulfide) groups is 1. The Balaban J connectivity index is 2.06. The number of nitrogens with one attached hydrogen (secondary N) is 1. The van der Waals surface area contributed by atoms with Crippen molar-refractivity contribution in [3.63, 3.8) is 0 Å². The molecule has 1 saturated heterocycles. The zero-order chi connectivity index (χ0) is 16.9. The van der Waals surface area contributed by atoms with Crippen molar-refractivity contribution in [1.82, 2.24) is 10.2 Å². The van der Waals surface area contributed by atoms with Crippen LogP contribution in [0.5, 0.6) is 0 Å². The van der Waals surface area contributed by atoms with Crippen LogP contribution in [-0.2, 0) is 6.54 Å². The molecule has 2 rings (SSSR count). The van der Waals surface area contributed by atoms with Gasteiger partial charge in [0, 0.05) is 30.1 Å².